The fraction of sp³-hybridized carbons (Fsp3) is 0.450. The van der Waals surface area contributed by atoms with Crippen molar-refractivity contribution < 1.29 is 39.9 Å². The van der Waals surface area contributed by atoms with E-state index in [4.69, 9.17) is 9.88 Å². The molecule has 1 amide bonds. The molecule has 9 nitrogen and oxygen atoms in total. The number of anilines is 2. The monoisotopic (exact) mass is 523 g/mol. The number of ether oxygens (including phenoxy) is 1. The molecular weight excluding hydrogens is 501 g/mol. The van der Waals surface area contributed by atoms with E-state index in [9.17, 15) is 35.2 Å². The fourth-order valence-corrected chi connectivity index (χ4v) is 4.23. The van der Waals surface area contributed by atoms with Crippen LogP contribution in [0, 0.1) is 11.6 Å². The number of amides is 1. The predicted molar refractivity (Wildman–Crippen MR) is 113 cm³/mol. The molecule has 1 aromatic heterocycles. The Morgan fingerprint density at radius 3 is 2.34 bits per heavy atom. The van der Waals surface area contributed by atoms with E-state index in [1.165, 1.54) is 19.3 Å². The van der Waals surface area contributed by atoms with Crippen LogP contribution in [-0.2, 0) is 14.8 Å². The lowest BCUT2D eigenvalue weighted by molar-refractivity contribution is -0.138. The number of carbonyl (C=O) groups is 1. The summed E-state index contributed by atoms with van der Waals surface area (Å²) in [6.45, 7) is 1.23. The first-order chi connectivity index (χ1) is 16.2. The first-order valence-corrected chi connectivity index (χ1v) is 11.9. The summed E-state index contributed by atoms with van der Waals surface area (Å²) in [7, 11) is -4.30. The maximum Gasteiger partial charge on any atom is 0.407 e. The third-order valence-electron chi connectivity index (χ3n) is 5.28. The van der Waals surface area contributed by atoms with E-state index in [0.29, 0.717) is 37.0 Å². The van der Waals surface area contributed by atoms with Gasteiger partial charge in [-0.2, -0.15) is 13.2 Å². The molecule has 1 aliphatic carbocycles. The number of primary sulfonamides is 1. The van der Waals surface area contributed by atoms with Gasteiger partial charge < -0.3 is 15.4 Å². The van der Waals surface area contributed by atoms with Crippen molar-refractivity contribution in [3.05, 3.63) is 41.7 Å². The fourth-order valence-electron chi connectivity index (χ4n) is 3.69. The molecule has 1 aromatic carbocycles. The number of hydrogen-bond acceptors (Lipinski definition) is 7. The van der Waals surface area contributed by atoms with E-state index in [2.05, 4.69) is 20.6 Å². The van der Waals surface area contributed by atoms with Crippen molar-refractivity contribution >= 4 is 27.8 Å². The molecule has 2 aromatic rings. The van der Waals surface area contributed by atoms with Crippen molar-refractivity contribution in [2.45, 2.75) is 61.7 Å². The van der Waals surface area contributed by atoms with Gasteiger partial charge in [0.1, 0.15) is 11.8 Å². The smallest absolute Gasteiger partial charge is 0.407 e. The quantitative estimate of drug-likeness (QED) is 0.469. The summed E-state index contributed by atoms with van der Waals surface area (Å²) in [5, 5.41) is 9.37. The molecule has 0 bridgehead atoms. The zero-order valence-corrected chi connectivity index (χ0v) is 19.1. The first-order valence-electron chi connectivity index (χ1n) is 10.4. The van der Waals surface area contributed by atoms with E-state index in [-0.39, 0.29) is 11.9 Å². The molecule has 15 heteroatoms. The highest BCUT2D eigenvalue weighted by Crippen LogP contribution is 2.36. The largest absolute Gasteiger partial charge is 0.446 e. The van der Waals surface area contributed by atoms with Gasteiger partial charge in [-0.25, -0.2) is 37.1 Å². The maximum atomic E-state index is 14.2. The highest BCUT2D eigenvalue weighted by Gasteiger charge is 2.32. The number of halogens is 5. The summed E-state index contributed by atoms with van der Waals surface area (Å²) < 4.78 is 93.2. The van der Waals surface area contributed by atoms with E-state index in [1.54, 1.807) is 0 Å². The Bertz CT molecular complexity index is 1150. The van der Waals surface area contributed by atoms with Gasteiger partial charge in [0, 0.05) is 18.4 Å². The molecule has 1 saturated carbocycles. The van der Waals surface area contributed by atoms with Gasteiger partial charge in [0.05, 0.1) is 11.3 Å². The van der Waals surface area contributed by atoms with Crippen LogP contribution in [-0.4, -0.2) is 42.8 Å². The van der Waals surface area contributed by atoms with Crippen molar-refractivity contribution in [3.63, 3.8) is 0 Å². The summed E-state index contributed by atoms with van der Waals surface area (Å²) in [6, 6.07) is 0.000422. The molecular formula is C20H22F5N5O4S. The highest BCUT2D eigenvalue weighted by atomic mass is 32.2. The van der Waals surface area contributed by atoms with E-state index < -0.39 is 63.1 Å². The molecule has 4 N–H and O–H groups in total. The summed E-state index contributed by atoms with van der Waals surface area (Å²) in [4.78, 5) is 19.1. The Balaban J connectivity index is 1.57. The maximum absolute atomic E-state index is 14.2. The Hall–Kier alpha value is -3.07. The van der Waals surface area contributed by atoms with Gasteiger partial charge in [-0.3, -0.25) is 0 Å². The summed E-state index contributed by atoms with van der Waals surface area (Å²) in [6.07, 6.45) is -2.68. The molecule has 0 aliphatic heterocycles. The molecule has 0 spiro atoms. The van der Waals surface area contributed by atoms with Crippen molar-refractivity contribution in [1.29, 1.82) is 0 Å². The second-order valence-corrected chi connectivity index (χ2v) is 9.74. The van der Waals surface area contributed by atoms with Gasteiger partial charge >= 0.3 is 12.3 Å². The Labute approximate surface area is 197 Å². The van der Waals surface area contributed by atoms with Crippen LogP contribution in [0.3, 0.4) is 0 Å². The number of benzene rings is 1. The van der Waals surface area contributed by atoms with Gasteiger partial charge in [-0.05, 0) is 49.8 Å². The lowest BCUT2D eigenvalue weighted by Gasteiger charge is -2.18. The molecule has 1 unspecified atom stereocenters. The van der Waals surface area contributed by atoms with Crippen molar-refractivity contribution in [1.82, 2.24) is 15.3 Å². The zero-order valence-electron chi connectivity index (χ0n) is 18.3. The summed E-state index contributed by atoms with van der Waals surface area (Å²) in [5.41, 5.74) is 0.00302. The molecule has 3 rings (SSSR count). The molecule has 192 valence electrons. The van der Waals surface area contributed by atoms with E-state index >= 15 is 0 Å². The molecule has 1 fully saturated rings. The highest BCUT2D eigenvalue weighted by molar-refractivity contribution is 7.89. The van der Waals surface area contributed by atoms with Crippen LogP contribution in [0.15, 0.2) is 29.4 Å². The van der Waals surface area contributed by atoms with Crippen molar-refractivity contribution in [3.8, 4) is 0 Å². The Kier molecular flexibility index (Phi) is 7.79. The topological polar surface area (TPSA) is 136 Å². The minimum atomic E-state index is -4.40. The molecule has 3 atom stereocenters. The lowest BCUT2D eigenvalue weighted by Crippen LogP contribution is -2.37. The average Bonchev–Trinajstić information content (AvgIpc) is 3.17. The molecule has 35 heavy (non-hydrogen) atoms. The predicted octanol–water partition coefficient (Wildman–Crippen LogP) is 3.85. The van der Waals surface area contributed by atoms with Gasteiger partial charge in [0.15, 0.2) is 11.6 Å². The molecule has 1 aliphatic rings. The number of nitrogens with two attached hydrogens (primary N) is 1. The van der Waals surface area contributed by atoms with Crippen molar-refractivity contribution in [2.24, 2.45) is 5.14 Å². The van der Waals surface area contributed by atoms with Gasteiger partial charge in [0.25, 0.3) is 0 Å². The number of sulfonamides is 1. The third-order valence-corrected chi connectivity index (χ3v) is 6.18. The number of alkyl carbamates (subject to hydrolysis) is 1. The van der Waals surface area contributed by atoms with E-state index in [1.807, 2.05) is 0 Å². The SMILES string of the molecule is C[C@@H](CC(F)(F)F)NC(=O)OC1CC[C@H](c2cnc(Nc3c(F)cc(S(N)(=O)=O)cc3F)nc2)C1. The lowest BCUT2D eigenvalue weighted by atomic mass is 10.0. The van der Waals surface area contributed by atoms with Crippen LogP contribution in [0.5, 0.6) is 0 Å². The Morgan fingerprint density at radius 1 is 1.20 bits per heavy atom. The summed E-state index contributed by atoms with van der Waals surface area (Å²) in [5.74, 6) is -2.67. The minimum absolute atomic E-state index is 0.100. The second kappa shape index (κ2) is 10.3. The van der Waals surface area contributed by atoms with Gasteiger partial charge in [-0.1, -0.05) is 0 Å². The van der Waals surface area contributed by atoms with Crippen molar-refractivity contribution in [2.75, 3.05) is 5.32 Å². The van der Waals surface area contributed by atoms with Crippen LogP contribution < -0.4 is 15.8 Å². The van der Waals surface area contributed by atoms with Crippen LogP contribution in [0.4, 0.5) is 38.4 Å². The number of alkyl halides is 3. The van der Waals surface area contributed by atoms with Crippen LogP contribution in [0.1, 0.15) is 44.1 Å². The standard InChI is InChI=1S/C20H22F5N5O4S/c1-10(7-20(23,24)25)29-19(31)34-13-3-2-11(4-13)12-8-27-18(28-9-12)30-17-15(21)5-14(6-16(17)22)35(26,32)33/h5-6,8-11,13H,2-4,7H2,1H3,(H,29,31)(H2,26,32,33)(H,27,28,30)/t10-,11-,13?/m0/s1. The van der Waals surface area contributed by atoms with Gasteiger partial charge in [-0.15, -0.1) is 0 Å². The second-order valence-electron chi connectivity index (χ2n) is 8.17. The normalized spacial score (nSPS) is 19.3. The number of nitrogens with zero attached hydrogens (tertiary/aromatic N) is 2. The van der Waals surface area contributed by atoms with Gasteiger partial charge in [0.2, 0.25) is 16.0 Å². The molecule has 1 heterocycles. The minimum Gasteiger partial charge on any atom is -0.446 e. The number of rotatable bonds is 7. The zero-order chi connectivity index (χ0) is 26.0. The number of nitrogens with one attached hydrogen (secondary N) is 2. The first kappa shape index (κ1) is 26.5. The number of carbonyl (C=O) groups excluding carboxylic acids is 1. The Morgan fingerprint density at radius 2 is 1.80 bits per heavy atom. The van der Waals surface area contributed by atoms with Crippen LogP contribution >= 0.6 is 0 Å². The average molecular weight is 523 g/mol. The molecule has 0 saturated heterocycles. The van der Waals surface area contributed by atoms with E-state index in [0.717, 1.165) is 0 Å². The van der Waals surface area contributed by atoms with Crippen LogP contribution in [0.2, 0.25) is 0 Å². The number of hydrogen-bond donors (Lipinski definition) is 3. The number of aromatic nitrogens is 2. The molecule has 0 radical (unpaired) electrons. The van der Waals surface area contributed by atoms with Crippen LogP contribution in [0.25, 0.3) is 0 Å². The third kappa shape index (κ3) is 7.45. The summed E-state index contributed by atoms with van der Waals surface area (Å²) >= 11 is 0.